The second-order valence-electron chi connectivity index (χ2n) is 6.50. The lowest BCUT2D eigenvalue weighted by atomic mass is 10.1. The molecule has 4 rings (SSSR count). The first-order chi connectivity index (χ1) is 14.5. The van der Waals surface area contributed by atoms with Crippen molar-refractivity contribution in [3.63, 3.8) is 0 Å². The number of nitrogens with one attached hydrogen (secondary N) is 1. The van der Waals surface area contributed by atoms with Crippen LogP contribution in [-0.4, -0.2) is 27.0 Å². The number of amides is 1. The van der Waals surface area contributed by atoms with E-state index in [0.717, 1.165) is 11.8 Å². The lowest BCUT2D eigenvalue weighted by Crippen LogP contribution is -2.30. The molecule has 1 amide bonds. The average molecular weight is 420 g/mol. The molecule has 0 atom stereocenters. The van der Waals surface area contributed by atoms with Gasteiger partial charge in [-0.3, -0.25) is 18.8 Å². The number of nitrogens with zero attached hydrogens (tertiary/aromatic N) is 2. The Morgan fingerprint density at radius 3 is 2.70 bits per heavy atom. The smallest absolute Gasteiger partial charge is 0.273 e. The lowest BCUT2D eigenvalue weighted by Gasteiger charge is -2.10. The number of aliphatic hydroxyl groups excluding tert-OH is 1. The van der Waals surface area contributed by atoms with E-state index < -0.39 is 16.9 Å². The number of carbonyl (C=O) groups excluding carboxylic acids is 1. The van der Waals surface area contributed by atoms with E-state index in [-0.39, 0.29) is 24.1 Å². The fraction of sp³-hybridized carbons (Fsp3) is 0.0909. The van der Waals surface area contributed by atoms with Crippen molar-refractivity contribution in [2.24, 2.45) is 0 Å². The molecule has 0 fully saturated rings. The van der Waals surface area contributed by atoms with Crippen LogP contribution in [0.4, 0.5) is 0 Å². The molecule has 0 radical (unpaired) electrons. The molecule has 2 heterocycles. The largest absolute Gasteiger partial charge is 0.384 e. The highest BCUT2D eigenvalue weighted by molar-refractivity contribution is 6.30. The minimum Gasteiger partial charge on any atom is -0.384 e. The standard InChI is InChI=1S/C22H14ClN3O4/c23-15-5-3-13(4-6-15)10-25-22(30)17-12-26-19(28)11-24-18-9-14(2-1-7-27)8-16(20(18)26)21(17)29/h3-6,8-9,11-12,27H,7,10H2,(H,25,30). The van der Waals surface area contributed by atoms with Gasteiger partial charge in [-0.25, -0.2) is 4.98 Å². The summed E-state index contributed by atoms with van der Waals surface area (Å²) in [5, 5.41) is 12.3. The second-order valence-corrected chi connectivity index (χ2v) is 6.94. The quantitative estimate of drug-likeness (QED) is 0.491. The van der Waals surface area contributed by atoms with E-state index in [1.807, 2.05) is 0 Å². The Labute approximate surface area is 174 Å². The fourth-order valence-corrected chi connectivity index (χ4v) is 3.28. The summed E-state index contributed by atoms with van der Waals surface area (Å²) < 4.78 is 1.24. The maximum Gasteiger partial charge on any atom is 0.273 e. The van der Waals surface area contributed by atoms with Gasteiger partial charge in [-0.05, 0) is 29.8 Å². The van der Waals surface area contributed by atoms with Crippen LogP contribution < -0.4 is 16.3 Å². The molecule has 7 nitrogen and oxygen atoms in total. The molecule has 0 unspecified atom stereocenters. The molecule has 0 bridgehead atoms. The van der Waals surface area contributed by atoms with Gasteiger partial charge in [0.15, 0.2) is 0 Å². The Morgan fingerprint density at radius 1 is 1.20 bits per heavy atom. The van der Waals surface area contributed by atoms with Gasteiger partial charge in [-0.15, -0.1) is 0 Å². The Bertz CT molecular complexity index is 1450. The summed E-state index contributed by atoms with van der Waals surface area (Å²) in [6.07, 6.45) is 2.35. The maximum atomic E-state index is 13.1. The number of carbonyl (C=O) groups is 1. The third-order valence-electron chi connectivity index (χ3n) is 4.55. The van der Waals surface area contributed by atoms with Crippen LogP contribution in [0.25, 0.3) is 16.4 Å². The average Bonchev–Trinajstić information content (AvgIpc) is 2.75. The van der Waals surface area contributed by atoms with Crippen molar-refractivity contribution in [3.8, 4) is 11.8 Å². The van der Waals surface area contributed by atoms with Gasteiger partial charge in [0.05, 0.1) is 22.6 Å². The van der Waals surface area contributed by atoms with E-state index in [1.54, 1.807) is 30.3 Å². The van der Waals surface area contributed by atoms with Gasteiger partial charge in [-0.2, -0.15) is 0 Å². The van der Waals surface area contributed by atoms with Gasteiger partial charge in [0.2, 0.25) is 5.43 Å². The van der Waals surface area contributed by atoms with Gasteiger partial charge in [0, 0.05) is 23.3 Å². The van der Waals surface area contributed by atoms with Crippen molar-refractivity contribution < 1.29 is 9.90 Å². The van der Waals surface area contributed by atoms with Gasteiger partial charge < -0.3 is 10.4 Å². The van der Waals surface area contributed by atoms with Gasteiger partial charge in [-0.1, -0.05) is 35.6 Å². The predicted molar refractivity (Wildman–Crippen MR) is 113 cm³/mol. The van der Waals surface area contributed by atoms with Crippen LogP contribution in [0.5, 0.6) is 0 Å². The minimum atomic E-state index is -0.607. The van der Waals surface area contributed by atoms with Crippen molar-refractivity contribution in [2.75, 3.05) is 6.61 Å². The summed E-state index contributed by atoms with van der Waals surface area (Å²) in [4.78, 5) is 42.2. The van der Waals surface area contributed by atoms with E-state index in [1.165, 1.54) is 16.7 Å². The number of hydrogen-bond acceptors (Lipinski definition) is 5. The van der Waals surface area contributed by atoms with Crippen LogP contribution in [0.2, 0.25) is 5.02 Å². The number of hydrogen-bond donors (Lipinski definition) is 2. The molecular formula is C22H14ClN3O4. The van der Waals surface area contributed by atoms with Crippen LogP contribution in [0, 0.1) is 11.8 Å². The monoisotopic (exact) mass is 419 g/mol. The number of aromatic nitrogens is 2. The molecule has 2 aromatic carbocycles. The zero-order valence-corrected chi connectivity index (χ0v) is 16.2. The molecule has 2 N–H and O–H groups in total. The van der Waals surface area contributed by atoms with Crippen molar-refractivity contribution >= 4 is 33.9 Å². The normalized spacial score (nSPS) is 10.7. The summed E-state index contributed by atoms with van der Waals surface area (Å²) in [6, 6.07) is 10.0. The second kappa shape index (κ2) is 7.95. The van der Waals surface area contributed by atoms with Crippen molar-refractivity contribution in [1.82, 2.24) is 14.7 Å². The number of pyridine rings is 1. The van der Waals surface area contributed by atoms with Crippen molar-refractivity contribution in [3.05, 3.63) is 91.1 Å². The van der Waals surface area contributed by atoms with Crippen LogP contribution in [0.1, 0.15) is 21.5 Å². The Hall–Kier alpha value is -3.73. The highest BCUT2D eigenvalue weighted by atomic mass is 35.5. The molecular weight excluding hydrogens is 406 g/mol. The molecule has 30 heavy (non-hydrogen) atoms. The lowest BCUT2D eigenvalue weighted by molar-refractivity contribution is 0.0949. The van der Waals surface area contributed by atoms with Crippen LogP contribution >= 0.6 is 11.6 Å². The molecule has 0 saturated carbocycles. The molecule has 148 valence electrons. The zero-order chi connectivity index (χ0) is 21.3. The van der Waals surface area contributed by atoms with Gasteiger partial charge in [0.25, 0.3) is 11.5 Å². The first kappa shape index (κ1) is 19.6. The van der Waals surface area contributed by atoms with Gasteiger partial charge in [0.1, 0.15) is 12.2 Å². The summed E-state index contributed by atoms with van der Waals surface area (Å²) in [7, 11) is 0. The van der Waals surface area contributed by atoms with E-state index in [9.17, 15) is 14.4 Å². The van der Waals surface area contributed by atoms with E-state index >= 15 is 0 Å². The Morgan fingerprint density at radius 2 is 1.97 bits per heavy atom. The maximum absolute atomic E-state index is 13.1. The summed E-state index contributed by atoms with van der Waals surface area (Å²) in [6.45, 7) is -0.150. The molecule has 4 aromatic rings. The number of halogens is 1. The topological polar surface area (TPSA) is 101 Å². The number of rotatable bonds is 3. The molecule has 0 spiro atoms. The fourth-order valence-electron chi connectivity index (χ4n) is 3.16. The molecule has 0 aliphatic rings. The van der Waals surface area contributed by atoms with Crippen molar-refractivity contribution in [2.45, 2.75) is 6.54 Å². The Balaban J connectivity index is 1.82. The molecule has 0 aliphatic carbocycles. The molecule has 2 aromatic heterocycles. The van der Waals surface area contributed by atoms with Crippen LogP contribution in [0.3, 0.4) is 0 Å². The third kappa shape index (κ3) is 3.62. The van der Waals surface area contributed by atoms with E-state index in [0.29, 0.717) is 21.6 Å². The van der Waals surface area contributed by atoms with E-state index in [4.69, 9.17) is 16.7 Å². The molecule has 8 heteroatoms. The van der Waals surface area contributed by atoms with E-state index in [2.05, 4.69) is 22.1 Å². The predicted octanol–water partition coefficient (Wildman–Crippen LogP) is 1.57. The number of aliphatic hydroxyl groups is 1. The van der Waals surface area contributed by atoms with Crippen LogP contribution in [-0.2, 0) is 6.54 Å². The first-order valence-corrected chi connectivity index (χ1v) is 9.30. The minimum absolute atomic E-state index is 0.152. The summed E-state index contributed by atoms with van der Waals surface area (Å²) >= 11 is 5.86. The first-order valence-electron chi connectivity index (χ1n) is 8.92. The highest BCUT2D eigenvalue weighted by Gasteiger charge is 2.18. The SMILES string of the molecule is O=C(NCc1ccc(Cl)cc1)c1cn2c(=O)cnc3cc(C#CCO)cc(c1=O)c32. The summed E-state index contributed by atoms with van der Waals surface area (Å²) in [5.74, 6) is 4.63. The molecule has 0 aliphatic heterocycles. The van der Waals surface area contributed by atoms with Crippen LogP contribution in [0.15, 0.2) is 58.4 Å². The highest BCUT2D eigenvalue weighted by Crippen LogP contribution is 2.18. The Kier molecular flexibility index (Phi) is 5.19. The van der Waals surface area contributed by atoms with Crippen molar-refractivity contribution in [1.29, 1.82) is 0 Å². The van der Waals surface area contributed by atoms with Gasteiger partial charge >= 0.3 is 0 Å². The number of benzene rings is 2. The summed E-state index contributed by atoms with van der Waals surface area (Å²) in [5.41, 5.74) is 0.791. The molecule has 0 saturated heterocycles. The third-order valence-corrected chi connectivity index (χ3v) is 4.80. The zero-order valence-electron chi connectivity index (χ0n) is 15.5.